The molecule has 2 aromatic rings. The van der Waals surface area contributed by atoms with E-state index in [1.165, 1.54) is 13.8 Å². The van der Waals surface area contributed by atoms with Gasteiger partial charge in [-0.3, -0.25) is 14.5 Å². The summed E-state index contributed by atoms with van der Waals surface area (Å²) in [5.41, 5.74) is -0.891. The fraction of sp³-hybridized carbons (Fsp3) is 0.188. The Hall–Kier alpha value is -2.69. The summed E-state index contributed by atoms with van der Waals surface area (Å²) in [7, 11) is 0. The second kappa shape index (κ2) is 4.15. The highest BCUT2D eigenvalue weighted by molar-refractivity contribution is 6.26. The highest BCUT2D eigenvalue weighted by Gasteiger charge is 2.45. The molecule has 1 N–H and O–H groups in total. The first-order chi connectivity index (χ1) is 9.85. The zero-order chi connectivity index (χ0) is 15.4. The van der Waals surface area contributed by atoms with Gasteiger partial charge in [0.1, 0.15) is 5.54 Å². The van der Waals surface area contributed by atoms with E-state index >= 15 is 0 Å². The number of hydrogen-bond donors (Lipinski definition) is 1. The molecule has 0 saturated heterocycles. The van der Waals surface area contributed by atoms with Crippen molar-refractivity contribution in [2.75, 3.05) is 0 Å². The molecule has 2 amide bonds. The molecule has 0 aromatic heterocycles. The van der Waals surface area contributed by atoms with Crippen LogP contribution in [0.1, 0.15) is 34.6 Å². The zero-order valence-corrected chi connectivity index (χ0v) is 11.6. The van der Waals surface area contributed by atoms with Crippen LogP contribution in [0, 0.1) is 0 Å². The van der Waals surface area contributed by atoms with Crippen molar-refractivity contribution in [3.8, 4) is 0 Å². The summed E-state index contributed by atoms with van der Waals surface area (Å²) in [6.07, 6.45) is 0. The van der Waals surface area contributed by atoms with Crippen molar-refractivity contribution in [1.82, 2.24) is 4.90 Å². The molecule has 21 heavy (non-hydrogen) atoms. The second-order valence-corrected chi connectivity index (χ2v) is 5.52. The van der Waals surface area contributed by atoms with Crippen LogP contribution in [-0.4, -0.2) is 33.3 Å². The van der Waals surface area contributed by atoms with Crippen LogP contribution in [0.15, 0.2) is 36.4 Å². The average Bonchev–Trinajstić information content (AvgIpc) is 2.44. The summed E-state index contributed by atoms with van der Waals surface area (Å²) < 4.78 is 0. The van der Waals surface area contributed by atoms with Crippen LogP contribution in [0.4, 0.5) is 0 Å². The number of carboxylic acid groups (broad SMARTS) is 1. The summed E-state index contributed by atoms with van der Waals surface area (Å²) in [5.74, 6) is -2.37. The molecule has 5 heteroatoms. The van der Waals surface area contributed by atoms with Gasteiger partial charge in [-0.25, -0.2) is 4.79 Å². The molecule has 0 radical (unpaired) electrons. The van der Waals surface area contributed by atoms with E-state index in [0.717, 1.165) is 10.3 Å². The number of amides is 2. The Morgan fingerprint density at radius 1 is 1.00 bits per heavy atom. The maximum Gasteiger partial charge on any atom is 0.329 e. The van der Waals surface area contributed by atoms with Crippen LogP contribution < -0.4 is 0 Å². The third-order valence-electron chi connectivity index (χ3n) is 3.85. The van der Waals surface area contributed by atoms with Crippen molar-refractivity contribution >= 4 is 28.6 Å². The lowest BCUT2D eigenvalue weighted by atomic mass is 9.90. The van der Waals surface area contributed by atoms with Crippen LogP contribution in [-0.2, 0) is 4.79 Å². The Bertz CT molecular complexity index is 756. The molecule has 2 aromatic carbocycles. The number of rotatable bonds is 2. The Morgan fingerprint density at radius 2 is 1.48 bits per heavy atom. The van der Waals surface area contributed by atoms with Gasteiger partial charge in [0, 0.05) is 16.5 Å². The van der Waals surface area contributed by atoms with Gasteiger partial charge >= 0.3 is 5.97 Å². The normalized spacial score (nSPS) is 14.7. The lowest BCUT2D eigenvalue weighted by Gasteiger charge is -2.36. The summed E-state index contributed by atoms with van der Waals surface area (Å²) >= 11 is 0. The SMILES string of the molecule is CC(C)(C(=O)O)N1C(=O)c2cccc3cccc(c23)C1=O. The van der Waals surface area contributed by atoms with Crippen LogP contribution in [0.5, 0.6) is 0 Å². The van der Waals surface area contributed by atoms with Gasteiger partial charge in [-0.2, -0.15) is 0 Å². The van der Waals surface area contributed by atoms with Crippen molar-refractivity contribution in [1.29, 1.82) is 0 Å². The van der Waals surface area contributed by atoms with E-state index in [-0.39, 0.29) is 0 Å². The second-order valence-electron chi connectivity index (χ2n) is 5.52. The molecule has 0 bridgehead atoms. The lowest BCUT2D eigenvalue weighted by Crippen LogP contribution is -2.57. The van der Waals surface area contributed by atoms with Gasteiger partial charge in [0.2, 0.25) is 0 Å². The molecule has 1 heterocycles. The number of carbonyl (C=O) groups is 3. The largest absolute Gasteiger partial charge is 0.480 e. The van der Waals surface area contributed by atoms with E-state index in [1.54, 1.807) is 24.3 Å². The number of carbonyl (C=O) groups excluding carboxylic acids is 2. The van der Waals surface area contributed by atoms with Gasteiger partial charge in [0.05, 0.1) is 0 Å². The first-order valence-corrected chi connectivity index (χ1v) is 6.49. The van der Waals surface area contributed by atoms with Gasteiger partial charge < -0.3 is 5.11 Å². The molecule has 1 aliphatic heterocycles. The Morgan fingerprint density at radius 3 is 1.90 bits per heavy atom. The van der Waals surface area contributed by atoms with E-state index in [0.29, 0.717) is 16.5 Å². The van der Waals surface area contributed by atoms with E-state index in [1.807, 2.05) is 12.1 Å². The fourth-order valence-corrected chi connectivity index (χ4v) is 2.63. The molecule has 0 spiro atoms. The third kappa shape index (κ3) is 1.67. The summed E-state index contributed by atoms with van der Waals surface area (Å²) in [5, 5.41) is 10.7. The molecule has 3 rings (SSSR count). The van der Waals surface area contributed by atoms with Gasteiger partial charge in [-0.1, -0.05) is 24.3 Å². The molecule has 5 nitrogen and oxygen atoms in total. The summed E-state index contributed by atoms with van der Waals surface area (Å²) in [6.45, 7) is 2.69. The number of imide groups is 1. The summed E-state index contributed by atoms with van der Waals surface area (Å²) in [4.78, 5) is 37.5. The zero-order valence-electron chi connectivity index (χ0n) is 11.6. The molecular formula is C16H13NO4. The van der Waals surface area contributed by atoms with Crippen LogP contribution in [0.25, 0.3) is 10.8 Å². The number of benzene rings is 2. The quantitative estimate of drug-likeness (QED) is 0.858. The number of aliphatic carboxylic acids is 1. The van der Waals surface area contributed by atoms with Crippen molar-refractivity contribution in [3.63, 3.8) is 0 Å². The Labute approximate surface area is 120 Å². The fourth-order valence-electron chi connectivity index (χ4n) is 2.63. The standard InChI is InChI=1S/C16H13NO4/c1-16(2,15(20)21)17-13(18)10-7-3-5-9-6-4-8-11(12(9)10)14(17)19/h3-8H,1-2H3,(H,20,21). The van der Waals surface area contributed by atoms with Crippen molar-refractivity contribution in [2.24, 2.45) is 0 Å². The monoisotopic (exact) mass is 283 g/mol. The molecule has 0 fully saturated rings. The minimum absolute atomic E-state index is 0.358. The van der Waals surface area contributed by atoms with Crippen molar-refractivity contribution in [3.05, 3.63) is 47.5 Å². The van der Waals surface area contributed by atoms with Gasteiger partial charge in [-0.05, 0) is 31.4 Å². The number of carboxylic acids is 1. The van der Waals surface area contributed by atoms with E-state index in [4.69, 9.17) is 0 Å². The van der Waals surface area contributed by atoms with Crippen LogP contribution >= 0.6 is 0 Å². The molecule has 106 valence electrons. The number of hydrogen-bond acceptors (Lipinski definition) is 3. The molecule has 0 aliphatic carbocycles. The molecule has 0 atom stereocenters. The number of nitrogens with zero attached hydrogens (tertiary/aromatic N) is 1. The van der Waals surface area contributed by atoms with Crippen molar-refractivity contribution in [2.45, 2.75) is 19.4 Å². The predicted molar refractivity (Wildman–Crippen MR) is 76.2 cm³/mol. The predicted octanol–water partition coefficient (Wildman–Crippen LogP) is 2.30. The van der Waals surface area contributed by atoms with Gasteiger partial charge in [-0.15, -0.1) is 0 Å². The van der Waals surface area contributed by atoms with Gasteiger partial charge in [0.15, 0.2) is 0 Å². The maximum absolute atomic E-state index is 12.6. The highest BCUT2D eigenvalue weighted by atomic mass is 16.4. The summed E-state index contributed by atoms with van der Waals surface area (Å²) in [6, 6.07) is 10.3. The van der Waals surface area contributed by atoms with E-state index in [2.05, 4.69) is 0 Å². The van der Waals surface area contributed by atoms with Crippen molar-refractivity contribution < 1.29 is 19.5 Å². The molecule has 1 aliphatic rings. The first kappa shape index (κ1) is 13.3. The molecule has 0 saturated carbocycles. The minimum Gasteiger partial charge on any atom is -0.480 e. The minimum atomic E-state index is -1.61. The maximum atomic E-state index is 12.6. The Balaban J connectivity index is 2.32. The third-order valence-corrected chi connectivity index (χ3v) is 3.85. The highest BCUT2D eigenvalue weighted by Crippen LogP contribution is 2.33. The Kier molecular flexibility index (Phi) is 2.63. The smallest absolute Gasteiger partial charge is 0.329 e. The topological polar surface area (TPSA) is 74.7 Å². The first-order valence-electron chi connectivity index (χ1n) is 6.49. The van der Waals surface area contributed by atoms with E-state index in [9.17, 15) is 19.5 Å². The van der Waals surface area contributed by atoms with E-state index < -0.39 is 23.3 Å². The molecular weight excluding hydrogens is 270 g/mol. The molecule has 0 unspecified atom stereocenters. The van der Waals surface area contributed by atoms with Crippen LogP contribution in [0.2, 0.25) is 0 Å². The van der Waals surface area contributed by atoms with Gasteiger partial charge in [0.25, 0.3) is 11.8 Å². The van der Waals surface area contributed by atoms with Crippen LogP contribution in [0.3, 0.4) is 0 Å². The lowest BCUT2D eigenvalue weighted by molar-refractivity contribution is -0.146. The average molecular weight is 283 g/mol.